The smallest absolute Gasteiger partial charge is 0.0660 e. The average molecular weight is 299 g/mol. The van der Waals surface area contributed by atoms with Gasteiger partial charge in [0.15, 0.2) is 0 Å². The second-order valence-electron chi connectivity index (χ2n) is 7.36. The Bertz CT molecular complexity index is 577. The van der Waals surface area contributed by atoms with Crippen molar-refractivity contribution in [3.63, 3.8) is 0 Å². The molecular weight excluding hydrogens is 268 g/mol. The normalized spacial score (nSPS) is 22.2. The summed E-state index contributed by atoms with van der Waals surface area (Å²) in [6.45, 7) is 16.7. The molecule has 1 aliphatic rings. The molecule has 0 radical (unpaired) electrons. The molecule has 0 spiro atoms. The Kier molecular flexibility index (Phi) is 4.62. The fraction of sp³-hybridized carbons (Fsp3) is 0.500. The molecule has 21 heavy (non-hydrogen) atoms. The molecule has 2 unspecified atom stereocenters. The summed E-state index contributed by atoms with van der Waals surface area (Å²) in [7, 11) is -1.63. The number of benzene rings is 1. The molecule has 0 heterocycles. The van der Waals surface area contributed by atoms with Gasteiger partial charge in [0.1, 0.15) is 8.07 Å². The van der Waals surface area contributed by atoms with Crippen molar-refractivity contribution in [2.45, 2.75) is 54.1 Å². The Morgan fingerprint density at radius 1 is 1.00 bits per heavy atom. The molecule has 0 saturated heterocycles. The first-order chi connectivity index (χ1) is 9.79. The van der Waals surface area contributed by atoms with Crippen molar-refractivity contribution in [1.82, 2.24) is 0 Å². The Balaban J connectivity index is 2.58. The first-order valence-corrected chi connectivity index (χ1v) is 10.9. The summed E-state index contributed by atoms with van der Waals surface area (Å²) in [5.74, 6) is 1.37. The minimum Gasteiger partial charge on any atom is -0.0660 e. The Morgan fingerprint density at radius 3 is 2.00 bits per heavy atom. The summed E-state index contributed by atoms with van der Waals surface area (Å²) >= 11 is 0. The van der Waals surface area contributed by atoms with Crippen molar-refractivity contribution in [3.8, 4) is 0 Å². The second kappa shape index (κ2) is 5.96. The van der Waals surface area contributed by atoms with Gasteiger partial charge in [0.2, 0.25) is 0 Å². The van der Waals surface area contributed by atoms with E-state index < -0.39 is 8.07 Å². The predicted octanol–water partition coefficient (Wildman–Crippen LogP) is 5.47. The summed E-state index contributed by atoms with van der Waals surface area (Å²) in [6.07, 6.45) is 0. The van der Waals surface area contributed by atoms with E-state index in [-0.39, 0.29) is 0 Å². The summed E-state index contributed by atoms with van der Waals surface area (Å²) in [6, 6.07) is 12.6. The first kappa shape index (κ1) is 16.3. The topological polar surface area (TPSA) is 0 Å². The highest BCUT2D eigenvalue weighted by Crippen LogP contribution is 2.43. The number of hydrogen-bond acceptors (Lipinski definition) is 0. The third-order valence-corrected chi connectivity index (χ3v) is 10.7. The van der Waals surface area contributed by atoms with Crippen LogP contribution in [-0.2, 0) is 0 Å². The zero-order valence-electron chi connectivity index (χ0n) is 14.7. The lowest BCUT2D eigenvalue weighted by atomic mass is 10.1. The van der Waals surface area contributed by atoms with E-state index in [4.69, 9.17) is 0 Å². The van der Waals surface area contributed by atoms with Crippen LogP contribution in [0.15, 0.2) is 52.2 Å². The quantitative estimate of drug-likeness (QED) is 0.647. The Hall–Kier alpha value is -1.08. The van der Waals surface area contributed by atoms with E-state index in [0.29, 0.717) is 5.92 Å². The predicted molar refractivity (Wildman–Crippen MR) is 97.6 cm³/mol. The number of rotatable bonds is 4. The third kappa shape index (κ3) is 2.81. The lowest BCUT2D eigenvalue weighted by Gasteiger charge is -2.35. The molecule has 1 heteroatoms. The second-order valence-corrected chi connectivity index (χ2v) is 11.6. The van der Waals surface area contributed by atoms with Crippen molar-refractivity contribution in [3.05, 3.63) is 52.2 Å². The van der Waals surface area contributed by atoms with Crippen LogP contribution in [0.25, 0.3) is 0 Å². The average Bonchev–Trinajstić information content (AvgIpc) is 2.63. The van der Waals surface area contributed by atoms with Crippen molar-refractivity contribution >= 4 is 13.3 Å². The molecule has 1 aromatic carbocycles. The van der Waals surface area contributed by atoms with Gasteiger partial charge in [0.05, 0.1) is 0 Å². The zero-order chi connectivity index (χ0) is 15.8. The van der Waals surface area contributed by atoms with Gasteiger partial charge in [-0.05, 0) is 44.2 Å². The molecule has 0 nitrogen and oxygen atoms in total. The van der Waals surface area contributed by atoms with Crippen LogP contribution in [0.2, 0.25) is 12.6 Å². The molecule has 0 saturated carbocycles. The number of allylic oxidation sites excluding steroid dienone is 4. The molecule has 2 atom stereocenters. The van der Waals surface area contributed by atoms with Gasteiger partial charge >= 0.3 is 0 Å². The van der Waals surface area contributed by atoms with E-state index in [9.17, 15) is 0 Å². The van der Waals surface area contributed by atoms with Crippen molar-refractivity contribution in [2.75, 3.05) is 0 Å². The minimum atomic E-state index is -1.63. The third-order valence-electron chi connectivity index (χ3n) is 5.46. The van der Waals surface area contributed by atoms with Crippen LogP contribution >= 0.6 is 0 Å². The fourth-order valence-electron chi connectivity index (χ4n) is 4.26. The van der Waals surface area contributed by atoms with Gasteiger partial charge in [-0.25, -0.2) is 0 Å². The van der Waals surface area contributed by atoms with Gasteiger partial charge in [-0.15, -0.1) is 0 Å². The number of hydrogen-bond donors (Lipinski definition) is 0. The first-order valence-electron chi connectivity index (χ1n) is 8.23. The summed E-state index contributed by atoms with van der Waals surface area (Å²) < 4.78 is 0. The summed E-state index contributed by atoms with van der Waals surface area (Å²) in [5.41, 5.74) is 4.70. The SMILES string of the molecule is CC1=C(C)C(C)C([Si](C)(CC(C)C)c2ccccc2)=C1C. The Morgan fingerprint density at radius 2 is 1.57 bits per heavy atom. The van der Waals surface area contributed by atoms with Gasteiger partial charge in [-0.3, -0.25) is 0 Å². The summed E-state index contributed by atoms with van der Waals surface area (Å²) in [5, 5.41) is 3.37. The zero-order valence-corrected chi connectivity index (χ0v) is 15.7. The van der Waals surface area contributed by atoms with E-state index in [1.54, 1.807) is 21.5 Å². The highest BCUT2D eigenvalue weighted by molar-refractivity contribution is 6.97. The minimum absolute atomic E-state index is 0.626. The molecule has 0 aromatic heterocycles. The molecule has 2 rings (SSSR count). The molecule has 0 aliphatic heterocycles. The van der Waals surface area contributed by atoms with Gasteiger partial charge in [-0.1, -0.05) is 79.2 Å². The van der Waals surface area contributed by atoms with Crippen molar-refractivity contribution < 1.29 is 0 Å². The molecule has 1 aliphatic carbocycles. The van der Waals surface area contributed by atoms with E-state index in [2.05, 4.69) is 78.4 Å². The van der Waals surface area contributed by atoms with E-state index in [1.165, 1.54) is 11.6 Å². The van der Waals surface area contributed by atoms with Gasteiger partial charge < -0.3 is 0 Å². The van der Waals surface area contributed by atoms with E-state index in [1.807, 2.05) is 0 Å². The van der Waals surface area contributed by atoms with Crippen LogP contribution in [0.4, 0.5) is 0 Å². The standard InChI is InChI=1S/C20H30Si/c1-14(2)13-21(7,19-11-9-8-10-12-19)20-17(5)15(3)16(4)18(20)6/h8-12,14,17H,13H2,1-7H3. The lowest BCUT2D eigenvalue weighted by Crippen LogP contribution is -2.49. The molecule has 0 fully saturated rings. The van der Waals surface area contributed by atoms with Crippen molar-refractivity contribution in [1.29, 1.82) is 0 Å². The van der Waals surface area contributed by atoms with E-state index in [0.717, 1.165) is 5.92 Å². The molecule has 1 aromatic rings. The molecule has 114 valence electrons. The van der Waals surface area contributed by atoms with Crippen LogP contribution in [0.3, 0.4) is 0 Å². The maximum absolute atomic E-state index is 2.59. The molecular formula is C20H30Si. The van der Waals surface area contributed by atoms with Crippen LogP contribution in [0, 0.1) is 11.8 Å². The lowest BCUT2D eigenvalue weighted by molar-refractivity contribution is 0.717. The van der Waals surface area contributed by atoms with Crippen LogP contribution in [0.1, 0.15) is 41.5 Å². The molecule has 0 amide bonds. The molecule has 0 N–H and O–H groups in total. The van der Waals surface area contributed by atoms with Gasteiger partial charge in [0.25, 0.3) is 0 Å². The highest BCUT2D eigenvalue weighted by atomic mass is 28.3. The largest absolute Gasteiger partial charge is 0.111 e. The van der Waals surface area contributed by atoms with Gasteiger partial charge in [0, 0.05) is 0 Å². The Labute approximate surface area is 132 Å². The monoisotopic (exact) mass is 298 g/mol. The van der Waals surface area contributed by atoms with Crippen LogP contribution in [0.5, 0.6) is 0 Å². The highest BCUT2D eigenvalue weighted by Gasteiger charge is 2.41. The maximum atomic E-state index is 2.59. The molecule has 0 bridgehead atoms. The van der Waals surface area contributed by atoms with Crippen molar-refractivity contribution in [2.24, 2.45) is 11.8 Å². The summed E-state index contributed by atoms with van der Waals surface area (Å²) in [4.78, 5) is 0. The van der Waals surface area contributed by atoms with Gasteiger partial charge in [-0.2, -0.15) is 0 Å². The fourth-order valence-corrected chi connectivity index (χ4v) is 9.78. The maximum Gasteiger partial charge on any atom is 0.111 e. The van der Waals surface area contributed by atoms with Crippen LogP contribution < -0.4 is 5.19 Å². The van der Waals surface area contributed by atoms with Crippen LogP contribution in [-0.4, -0.2) is 8.07 Å². The van der Waals surface area contributed by atoms with E-state index >= 15 is 0 Å².